The molecule has 0 radical (unpaired) electrons. The molecule has 0 aliphatic carbocycles. The maximum Gasteiger partial charge on any atom is 0.227 e. The average molecular weight is 541 g/mol. The molecule has 2 heterocycles. The van der Waals surface area contributed by atoms with Crippen LogP contribution < -0.4 is 10.6 Å². The lowest BCUT2D eigenvalue weighted by Crippen LogP contribution is -2.52. The van der Waals surface area contributed by atoms with E-state index in [0.717, 1.165) is 0 Å². The zero-order valence-corrected chi connectivity index (χ0v) is 22.1. The minimum Gasteiger partial charge on any atom is -0.748 e. The molecule has 2 aliphatic heterocycles. The first-order valence-corrected chi connectivity index (χ1v) is 14.4. The van der Waals surface area contributed by atoms with Gasteiger partial charge in [0, 0.05) is 0 Å². The third-order valence-corrected chi connectivity index (χ3v) is 7.80. The zero-order chi connectivity index (χ0) is 26.7. The number of quaternary nitrogens is 2. The number of amides is 2. The van der Waals surface area contributed by atoms with Gasteiger partial charge in [-0.2, -0.15) is 0 Å². The third-order valence-electron chi connectivity index (χ3n) is 6.43. The van der Waals surface area contributed by atoms with Gasteiger partial charge in [-0.25, -0.2) is 16.8 Å². The fourth-order valence-electron chi connectivity index (χ4n) is 4.07. The molecule has 1 fully saturated rings. The Labute approximate surface area is 207 Å². The van der Waals surface area contributed by atoms with E-state index in [0.29, 0.717) is 13.1 Å². The SMILES string of the molecule is C[N+](C)(CCNC(=O)C1C(C(=O)NCC[N+](C)(C)CCS(=O)(=O)[O-])[C@H]2C=C[C@@H]1O2)CCS(=O)(=O)[O-]. The summed E-state index contributed by atoms with van der Waals surface area (Å²) in [5.74, 6) is -3.15. The number of nitrogens with zero attached hydrogens (tertiary/aromatic N) is 2. The fourth-order valence-corrected chi connectivity index (χ4v) is 5.51. The molecule has 2 unspecified atom stereocenters. The Morgan fingerprint density at radius 2 is 1.09 bits per heavy atom. The predicted octanol–water partition coefficient (Wildman–Crippen LogP) is -2.97. The summed E-state index contributed by atoms with van der Waals surface area (Å²) in [4.78, 5) is 25.8. The van der Waals surface area contributed by atoms with Gasteiger partial charge in [-0.15, -0.1) is 0 Å². The van der Waals surface area contributed by atoms with Gasteiger partial charge >= 0.3 is 0 Å². The van der Waals surface area contributed by atoms with Crippen LogP contribution in [0.2, 0.25) is 0 Å². The van der Waals surface area contributed by atoms with Crippen molar-refractivity contribution in [1.82, 2.24) is 10.6 Å². The molecule has 2 amide bonds. The molecule has 2 bridgehead atoms. The van der Waals surface area contributed by atoms with Crippen LogP contribution in [-0.4, -0.2) is 138 Å². The third kappa shape index (κ3) is 9.74. The molecular formula is C20H36N4O9S2. The second kappa shape index (κ2) is 11.2. The largest absolute Gasteiger partial charge is 0.748 e. The van der Waals surface area contributed by atoms with Crippen molar-refractivity contribution < 1.29 is 49.2 Å². The molecule has 0 saturated carbocycles. The highest BCUT2D eigenvalue weighted by atomic mass is 32.2. The van der Waals surface area contributed by atoms with Crippen LogP contribution in [0.3, 0.4) is 0 Å². The van der Waals surface area contributed by atoms with Crippen molar-refractivity contribution in [2.24, 2.45) is 11.8 Å². The second-order valence-corrected chi connectivity index (χ2v) is 13.4. The smallest absolute Gasteiger partial charge is 0.227 e. The van der Waals surface area contributed by atoms with Crippen LogP contribution in [0.4, 0.5) is 0 Å². The number of carbonyl (C=O) groups is 2. The van der Waals surface area contributed by atoms with Crippen LogP contribution >= 0.6 is 0 Å². The summed E-state index contributed by atoms with van der Waals surface area (Å²) in [7, 11) is -1.64. The lowest BCUT2D eigenvalue weighted by atomic mass is 9.81. The topological polar surface area (TPSA) is 182 Å². The first-order valence-electron chi connectivity index (χ1n) is 11.3. The monoisotopic (exact) mass is 540 g/mol. The minimum absolute atomic E-state index is 0.113. The van der Waals surface area contributed by atoms with E-state index in [1.54, 1.807) is 40.3 Å². The maximum atomic E-state index is 12.9. The van der Waals surface area contributed by atoms with Crippen molar-refractivity contribution in [3.05, 3.63) is 12.2 Å². The highest BCUT2D eigenvalue weighted by Gasteiger charge is 2.52. The molecule has 202 valence electrons. The molecule has 15 heteroatoms. The predicted molar refractivity (Wildman–Crippen MR) is 124 cm³/mol. The normalized spacial score (nSPS) is 24.5. The van der Waals surface area contributed by atoms with E-state index in [9.17, 15) is 35.5 Å². The van der Waals surface area contributed by atoms with Crippen molar-refractivity contribution in [3.8, 4) is 0 Å². The van der Waals surface area contributed by atoms with Gasteiger partial charge in [-0.3, -0.25) is 9.59 Å². The lowest BCUT2D eigenvalue weighted by molar-refractivity contribution is -0.886. The van der Waals surface area contributed by atoms with E-state index < -0.39 is 55.8 Å². The van der Waals surface area contributed by atoms with Crippen molar-refractivity contribution in [2.75, 3.05) is 79.0 Å². The fraction of sp³-hybridized carbons (Fsp3) is 0.800. The maximum absolute atomic E-state index is 12.9. The quantitative estimate of drug-likeness (QED) is 0.132. The van der Waals surface area contributed by atoms with Gasteiger partial charge < -0.3 is 33.4 Å². The first-order chi connectivity index (χ1) is 15.9. The second-order valence-electron chi connectivity index (χ2n) is 10.4. The molecule has 4 atom stereocenters. The Balaban J connectivity index is 1.88. The highest BCUT2D eigenvalue weighted by Crippen LogP contribution is 2.39. The van der Waals surface area contributed by atoms with E-state index in [1.165, 1.54) is 0 Å². The first kappa shape index (κ1) is 29.6. The molecule has 2 aliphatic rings. The van der Waals surface area contributed by atoms with E-state index in [-0.39, 0.29) is 47.0 Å². The number of hydrogen-bond donors (Lipinski definition) is 2. The number of likely N-dealkylation sites (N-methyl/N-ethyl adjacent to an activating group) is 2. The molecule has 0 spiro atoms. The van der Waals surface area contributed by atoms with Crippen molar-refractivity contribution in [1.29, 1.82) is 0 Å². The van der Waals surface area contributed by atoms with Gasteiger partial charge in [0.05, 0.1) is 103 Å². The number of nitrogens with one attached hydrogen (secondary N) is 2. The summed E-state index contributed by atoms with van der Waals surface area (Å²) in [6, 6.07) is 0. The Morgan fingerprint density at radius 3 is 1.40 bits per heavy atom. The van der Waals surface area contributed by atoms with E-state index in [4.69, 9.17) is 4.74 Å². The molecule has 13 nitrogen and oxygen atoms in total. The van der Waals surface area contributed by atoms with Crippen LogP contribution in [0, 0.1) is 11.8 Å². The van der Waals surface area contributed by atoms with Gasteiger partial charge in [0.15, 0.2) is 0 Å². The molecule has 0 aromatic heterocycles. The van der Waals surface area contributed by atoms with E-state index in [2.05, 4.69) is 10.6 Å². The Bertz CT molecular complexity index is 945. The van der Waals surface area contributed by atoms with Crippen LogP contribution in [-0.2, 0) is 34.6 Å². The van der Waals surface area contributed by atoms with Crippen molar-refractivity contribution in [2.45, 2.75) is 12.2 Å². The molecule has 35 heavy (non-hydrogen) atoms. The Hall–Kier alpha value is -1.62. The van der Waals surface area contributed by atoms with Crippen LogP contribution in [0.1, 0.15) is 0 Å². The lowest BCUT2D eigenvalue weighted by Gasteiger charge is -2.31. The zero-order valence-electron chi connectivity index (χ0n) is 20.5. The molecule has 1 saturated heterocycles. The number of hydrogen-bond acceptors (Lipinski definition) is 9. The van der Waals surface area contributed by atoms with Gasteiger partial charge in [-0.1, -0.05) is 12.2 Å². The average Bonchev–Trinajstić information content (AvgIpc) is 3.31. The number of rotatable bonds is 14. The Morgan fingerprint density at radius 1 is 0.743 bits per heavy atom. The standard InChI is InChI=1S/C20H36N4O9S2/c1-23(2,11-13-34(27,28)29)9-7-21-19(25)17-15-5-6-16(33-15)18(17)20(26)22-8-10-24(3,4)12-14-35(30,31)32/h5-6,15-18H,7-14H2,1-4H3,(H2-2,21,22,25,26,27,28,29,30,31,32)/t15-,16+,17?,18?. The summed E-state index contributed by atoms with van der Waals surface area (Å²) >= 11 is 0. The summed E-state index contributed by atoms with van der Waals surface area (Å²) in [5, 5.41) is 5.59. The summed E-state index contributed by atoms with van der Waals surface area (Å²) in [6.45, 7) is 1.46. The van der Waals surface area contributed by atoms with Crippen molar-refractivity contribution >= 4 is 32.1 Å². The number of ether oxygens (including phenoxy) is 1. The van der Waals surface area contributed by atoms with Crippen LogP contribution in [0.5, 0.6) is 0 Å². The number of carbonyl (C=O) groups excluding carboxylic acids is 2. The van der Waals surface area contributed by atoms with Crippen molar-refractivity contribution in [3.63, 3.8) is 0 Å². The van der Waals surface area contributed by atoms with Gasteiger partial charge in [0.25, 0.3) is 0 Å². The van der Waals surface area contributed by atoms with Gasteiger partial charge in [0.2, 0.25) is 11.8 Å². The van der Waals surface area contributed by atoms with E-state index in [1.807, 2.05) is 0 Å². The molecule has 0 aromatic carbocycles. The summed E-state index contributed by atoms with van der Waals surface area (Å²) in [6.07, 6.45) is 2.44. The molecule has 0 aromatic rings. The van der Waals surface area contributed by atoms with Crippen LogP contribution in [0.25, 0.3) is 0 Å². The molecular weight excluding hydrogens is 504 g/mol. The van der Waals surface area contributed by atoms with Gasteiger partial charge in [0.1, 0.15) is 20.2 Å². The Kier molecular flexibility index (Phi) is 9.47. The van der Waals surface area contributed by atoms with E-state index >= 15 is 0 Å². The summed E-state index contributed by atoms with van der Waals surface area (Å²) in [5.41, 5.74) is 0. The highest BCUT2D eigenvalue weighted by molar-refractivity contribution is 7.85. The summed E-state index contributed by atoms with van der Waals surface area (Å²) < 4.78 is 71.5. The molecule has 2 N–H and O–H groups in total. The van der Waals surface area contributed by atoms with Gasteiger partial charge in [-0.05, 0) is 0 Å². The minimum atomic E-state index is -4.32. The van der Waals surface area contributed by atoms with Crippen LogP contribution in [0.15, 0.2) is 12.2 Å². The number of fused-ring (bicyclic) bond motifs is 2. The molecule has 2 rings (SSSR count).